The lowest BCUT2D eigenvalue weighted by Crippen LogP contribution is -2.33. The van der Waals surface area contributed by atoms with Crippen LogP contribution in [0.15, 0.2) is 30.3 Å². The summed E-state index contributed by atoms with van der Waals surface area (Å²) in [4.78, 5) is 25.7. The number of amides is 3. The molecule has 1 aliphatic heterocycles. The van der Waals surface area contributed by atoms with E-state index in [0.29, 0.717) is 18.4 Å². The molecule has 1 aliphatic carbocycles. The summed E-state index contributed by atoms with van der Waals surface area (Å²) in [6, 6.07) is 9.84. The highest BCUT2D eigenvalue weighted by molar-refractivity contribution is 6.04. The molecule has 2 fully saturated rings. The third kappa shape index (κ3) is 2.94. The van der Waals surface area contributed by atoms with Gasteiger partial charge in [-0.2, -0.15) is 0 Å². The van der Waals surface area contributed by atoms with Crippen LogP contribution < -0.4 is 5.32 Å². The first-order chi connectivity index (χ1) is 10.2. The second-order valence-electron chi connectivity index (χ2n) is 6.11. The first kappa shape index (κ1) is 14.1. The zero-order valence-electron chi connectivity index (χ0n) is 12.4. The maximum Gasteiger partial charge on any atom is 0.324 e. The van der Waals surface area contributed by atoms with E-state index < -0.39 is 0 Å². The normalized spacial score (nSPS) is 27.9. The summed E-state index contributed by atoms with van der Waals surface area (Å²) in [5, 5.41) is 2.81. The van der Waals surface area contributed by atoms with Crippen molar-refractivity contribution in [3.8, 4) is 0 Å². The maximum atomic E-state index is 12.3. The molecule has 3 amide bonds. The number of benzene rings is 1. The molecule has 0 bridgehead atoms. The lowest BCUT2D eigenvalue weighted by Gasteiger charge is -2.12. The van der Waals surface area contributed by atoms with Gasteiger partial charge in [0.1, 0.15) is 6.04 Å². The van der Waals surface area contributed by atoms with Crippen LogP contribution in [0.25, 0.3) is 0 Å². The van der Waals surface area contributed by atoms with Crippen LogP contribution in [-0.4, -0.2) is 29.4 Å². The molecule has 3 unspecified atom stereocenters. The van der Waals surface area contributed by atoms with Crippen molar-refractivity contribution in [3.05, 3.63) is 35.9 Å². The van der Waals surface area contributed by atoms with Crippen LogP contribution in [0.5, 0.6) is 0 Å². The standard InChI is InChI=1S/C17H22N2O2/c1-2-3-9-15-16(20)19(17(21)18-15)11-13-10-14(13)12-7-5-4-6-8-12/h4-8,13-15H,2-3,9-11H2,1H3,(H,18,21). The number of nitrogens with zero attached hydrogens (tertiary/aromatic N) is 1. The molecular weight excluding hydrogens is 264 g/mol. The molecule has 1 aromatic rings. The Balaban J connectivity index is 1.57. The van der Waals surface area contributed by atoms with Crippen molar-refractivity contribution in [2.75, 3.05) is 6.54 Å². The van der Waals surface area contributed by atoms with Gasteiger partial charge in [-0.15, -0.1) is 0 Å². The molecule has 1 saturated carbocycles. The average molecular weight is 286 g/mol. The van der Waals surface area contributed by atoms with E-state index in [1.54, 1.807) is 0 Å². The fourth-order valence-corrected chi connectivity index (χ4v) is 3.15. The summed E-state index contributed by atoms with van der Waals surface area (Å²) in [6.07, 6.45) is 3.84. The predicted molar refractivity (Wildman–Crippen MR) is 80.8 cm³/mol. The Kier molecular flexibility index (Phi) is 3.95. The SMILES string of the molecule is CCCCC1NC(=O)N(CC2CC2c2ccccc2)C1=O. The molecule has 0 radical (unpaired) electrons. The molecule has 1 heterocycles. The molecule has 0 aromatic heterocycles. The fourth-order valence-electron chi connectivity index (χ4n) is 3.15. The molecule has 112 valence electrons. The predicted octanol–water partition coefficient (Wildman–Crippen LogP) is 2.90. The van der Waals surface area contributed by atoms with Crippen molar-refractivity contribution in [1.29, 1.82) is 0 Å². The number of urea groups is 1. The van der Waals surface area contributed by atoms with Gasteiger partial charge in [-0.25, -0.2) is 4.79 Å². The van der Waals surface area contributed by atoms with E-state index in [4.69, 9.17) is 0 Å². The number of rotatable bonds is 6. The monoisotopic (exact) mass is 286 g/mol. The first-order valence-electron chi connectivity index (χ1n) is 7.87. The largest absolute Gasteiger partial charge is 0.326 e. The Labute approximate surface area is 125 Å². The Hall–Kier alpha value is -1.84. The average Bonchev–Trinajstić information content (AvgIpc) is 3.23. The van der Waals surface area contributed by atoms with Crippen molar-refractivity contribution >= 4 is 11.9 Å². The lowest BCUT2D eigenvalue weighted by atomic mass is 10.1. The van der Waals surface area contributed by atoms with Crippen LogP contribution in [0, 0.1) is 5.92 Å². The summed E-state index contributed by atoms with van der Waals surface area (Å²) in [5.74, 6) is 0.890. The van der Waals surface area contributed by atoms with Gasteiger partial charge >= 0.3 is 6.03 Å². The molecule has 3 rings (SSSR count). The van der Waals surface area contributed by atoms with Gasteiger partial charge < -0.3 is 5.32 Å². The highest BCUT2D eigenvalue weighted by Crippen LogP contribution is 2.47. The van der Waals surface area contributed by atoms with E-state index in [1.165, 1.54) is 10.5 Å². The minimum atomic E-state index is -0.300. The van der Waals surface area contributed by atoms with Crippen molar-refractivity contribution < 1.29 is 9.59 Å². The van der Waals surface area contributed by atoms with Crippen molar-refractivity contribution in [1.82, 2.24) is 10.2 Å². The van der Waals surface area contributed by atoms with E-state index in [-0.39, 0.29) is 18.0 Å². The Morgan fingerprint density at radius 3 is 2.71 bits per heavy atom. The highest BCUT2D eigenvalue weighted by atomic mass is 16.2. The number of carbonyl (C=O) groups is 2. The molecule has 1 saturated heterocycles. The molecule has 1 aromatic carbocycles. The fraction of sp³-hybridized carbons (Fsp3) is 0.529. The Morgan fingerprint density at radius 2 is 2.00 bits per heavy atom. The van der Waals surface area contributed by atoms with E-state index in [1.807, 2.05) is 18.2 Å². The van der Waals surface area contributed by atoms with Gasteiger partial charge in [0, 0.05) is 6.54 Å². The molecule has 0 spiro atoms. The van der Waals surface area contributed by atoms with Gasteiger partial charge in [-0.3, -0.25) is 9.69 Å². The third-order valence-electron chi connectivity index (χ3n) is 4.52. The minimum absolute atomic E-state index is 0.0350. The maximum absolute atomic E-state index is 12.3. The van der Waals surface area contributed by atoms with Crippen molar-refractivity contribution in [2.45, 2.75) is 44.6 Å². The van der Waals surface area contributed by atoms with Gasteiger partial charge in [0.2, 0.25) is 0 Å². The second-order valence-corrected chi connectivity index (χ2v) is 6.11. The van der Waals surface area contributed by atoms with Gasteiger partial charge in [-0.1, -0.05) is 50.1 Å². The topological polar surface area (TPSA) is 49.4 Å². The quantitative estimate of drug-likeness (QED) is 0.817. The number of imide groups is 1. The summed E-state index contributed by atoms with van der Waals surface area (Å²) in [6.45, 7) is 2.65. The molecule has 2 aliphatic rings. The summed E-state index contributed by atoms with van der Waals surface area (Å²) in [7, 11) is 0. The number of hydrogen-bond donors (Lipinski definition) is 1. The minimum Gasteiger partial charge on any atom is -0.326 e. The van der Waals surface area contributed by atoms with Gasteiger partial charge in [0.15, 0.2) is 0 Å². The van der Waals surface area contributed by atoms with Crippen LogP contribution in [-0.2, 0) is 4.79 Å². The molecule has 3 atom stereocenters. The number of carbonyl (C=O) groups excluding carboxylic acids is 2. The highest BCUT2D eigenvalue weighted by Gasteiger charge is 2.45. The van der Waals surface area contributed by atoms with Gasteiger partial charge in [0.05, 0.1) is 0 Å². The van der Waals surface area contributed by atoms with Crippen LogP contribution >= 0.6 is 0 Å². The summed E-state index contributed by atoms with van der Waals surface area (Å²) < 4.78 is 0. The molecule has 1 N–H and O–H groups in total. The second kappa shape index (κ2) is 5.88. The third-order valence-corrected chi connectivity index (χ3v) is 4.52. The molecule has 4 nitrogen and oxygen atoms in total. The molecule has 21 heavy (non-hydrogen) atoms. The zero-order chi connectivity index (χ0) is 14.8. The van der Waals surface area contributed by atoms with Gasteiger partial charge in [-0.05, 0) is 30.2 Å². The summed E-state index contributed by atoms with van der Waals surface area (Å²) in [5.41, 5.74) is 1.32. The van der Waals surface area contributed by atoms with E-state index in [2.05, 4.69) is 24.4 Å². The van der Waals surface area contributed by atoms with Crippen molar-refractivity contribution in [2.24, 2.45) is 5.92 Å². The van der Waals surface area contributed by atoms with Crippen LogP contribution in [0.2, 0.25) is 0 Å². The number of nitrogens with one attached hydrogen (secondary N) is 1. The first-order valence-corrected chi connectivity index (χ1v) is 7.87. The smallest absolute Gasteiger partial charge is 0.324 e. The zero-order valence-corrected chi connectivity index (χ0v) is 12.4. The Bertz CT molecular complexity index is 529. The Morgan fingerprint density at radius 1 is 1.24 bits per heavy atom. The van der Waals surface area contributed by atoms with Crippen LogP contribution in [0.4, 0.5) is 4.79 Å². The molecular formula is C17H22N2O2. The van der Waals surface area contributed by atoms with Crippen LogP contribution in [0.3, 0.4) is 0 Å². The van der Waals surface area contributed by atoms with E-state index in [9.17, 15) is 9.59 Å². The van der Waals surface area contributed by atoms with Crippen molar-refractivity contribution in [3.63, 3.8) is 0 Å². The lowest BCUT2D eigenvalue weighted by molar-refractivity contribution is -0.127. The number of hydrogen-bond acceptors (Lipinski definition) is 2. The number of unbranched alkanes of at least 4 members (excludes halogenated alkanes) is 1. The summed E-state index contributed by atoms with van der Waals surface area (Å²) >= 11 is 0. The van der Waals surface area contributed by atoms with E-state index >= 15 is 0 Å². The van der Waals surface area contributed by atoms with Gasteiger partial charge in [0.25, 0.3) is 5.91 Å². The molecule has 4 heteroatoms. The van der Waals surface area contributed by atoms with E-state index in [0.717, 1.165) is 25.7 Å². The van der Waals surface area contributed by atoms with Crippen LogP contribution in [0.1, 0.15) is 44.1 Å².